The lowest BCUT2D eigenvalue weighted by molar-refractivity contribution is -0.136. The molecule has 0 bridgehead atoms. The maximum absolute atomic E-state index is 12.8. The molecule has 0 amide bonds. The van der Waals surface area contributed by atoms with Gasteiger partial charge in [0, 0.05) is 5.56 Å². The van der Waals surface area contributed by atoms with Gasteiger partial charge in [-0.25, -0.2) is 8.96 Å². The van der Waals surface area contributed by atoms with Crippen LogP contribution in [0.2, 0.25) is 0 Å². The summed E-state index contributed by atoms with van der Waals surface area (Å²) in [6.45, 7) is 0. The van der Waals surface area contributed by atoms with Crippen LogP contribution in [0.3, 0.4) is 0 Å². The lowest BCUT2D eigenvalue weighted by Crippen LogP contribution is -2.04. The van der Waals surface area contributed by atoms with Crippen molar-refractivity contribution in [2.24, 2.45) is 0 Å². The number of para-hydroxylation sites is 1. The van der Waals surface area contributed by atoms with Crippen molar-refractivity contribution in [2.45, 2.75) is 12.6 Å². The molecule has 2 N–H and O–H groups in total. The van der Waals surface area contributed by atoms with E-state index in [4.69, 9.17) is 9.63 Å². The number of rotatable bonds is 6. The first-order valence-corrected chi connectivity index (χ1v) is 8.17. The average Bonchev–Trinajstić information content (AvgIpc) is 2.42. The van der Waals surface area contributed by atoms with Gasteiger partial charge in [0.1, 0.15) is 11.6 Å². The molecule has 0 radical (unpaired) electrons. The normalized spacial score (nSPS) is 13.4. The van der Waals surface area contributed by atoms with E-state index in [1.165, 1.54) is 36.4 Å². The van der Waals surface area contributed by atoms with Gasteiger partial charge < -0.3 is 14.5 Å². The standard InChI is InChI=1S/C15H14FO5P/c16-13-7-5-11(6-8-13)10-22(19,20)21-14-4-2-1-3-12(14)9-15(17)18/h1-8H,9-10H2,(H,17,18)(H,19,20). The first kappa shape index (κ1) is 16.2. The lowest BCUT2D eigenvalue weighted by atomic mass is 10.1. The Bertz CT molecular complexity index is 714. The molecular formula is C15H14FO5P. The molecule has 2 aromatic carbocycles. The smallest absolute Gasteiger partial charge is 0.380 e. The molecule has 0 saturated heterocycles. The van der Waals surface area contributed by atoms with Crippen molar-refractivity contribution in [1.82, 2.24) is 0 Å². The van der Waals surface area contributed by atoms with Crippen molar-refractivity contribution in [1.29, 1.82) is 0 Å². The fourth-order valence-electron chi connectivity index (χ4n) is 1.91. The third-order valence-corrected chi connectivity index (χ3v) is 4.10. The fraction of sp³-hybridized carbons (Fsp3) is 0.133. The molecule has 0 saturated carbocycles. The van der Waals surface area contributed by atoms with Crippen LogP contribution in [0.15, 0.2) is 48.5 Å². The van der Waals surface area contributed by atoms with E-state index in [0.717, 1.165) is 0 Å². The monoisotopic (exact) mass is 324 g/mol. The topological polar surface area (TPSA) is 83.8 Å². The van der Waals surface area contributed by atoms with E-state index in [1.54, 1.807) is 12.1 Å². The van der Waals surface area contributed by atoms with Gasteiger partial charge >= 0.3 is 13.6 Å². The molecule has 1 atom stereocenters. The second-order valence-electron chi connectivity index (χ2n) is 4.69. The zero-order valence-corrected chi connectivity index (χ0v) is 12.4. The van der Waals surface area contributed by atoms with Gasteiger partial charge in [0.2, 0.25) is 0 Å². The Morgan fingerprint density at radius 2 is 1.77 bits per heavy atom. The predicted molar refractivity (Wildman–Crippen MR) is 78.3 cm³/mol. The van der Waals surface area contributed by atoms with Gasteiger partial charge in [-0.3, -0.25) is 4.79 Å². The summed E-state index contributed by atoms with van der Waals surface area (Å²) in [6.07, 6.45) is -0.610. The van der Waals surface area contributed by atoms with Gasteiger partial charge in [-0.05, 0) is 23.8 Å². The molecule has 0 heterocycles. The summed E-state index contributed by atoms with van der Waals surface area (Å²) < 4.78 is 30.1. The number of benzene rings is 2. The van der Waals surface area contributed by atoms with Crippen LogP contribution in [0.25, 0.3) is 0 Å². The van der Waals surface area contributed by atoms with Crippen LogP contribution < -0.4 is 4.52 Å². The van der Waals surface area contributed by atoms with Gasteiger partial charge in [0.15, 0.2) is 0 Å². The van der Waals surface area contributed by atoms with Crippen LogP contribution in [-0.2, 0) is 21.9 Å². The third kappa shape index (κ3) is 4.69. The van der Waals surface area contributed by atoms with Crippen LogP contribution in [-0.4, -0.2) is 16.0 Å². The van der Waals surface area contributed by atoms with Gasteiger partial charge in [0.05, 0.1) is 12.6 Å². The Hall–Kier alpha value is -2.17. The summed E-state index contributed by atoms with van der Waals surface area (Å²) in [4.78, 5) is 20.7. The van der Waals surface area contributed by atoms with Gasteiger partial charge in [-0.2, -0.15) is 0 Å². The summed E-state index contributed by atoms with van der Waals surface area (Å²) in [5.74, 6) is -1.45. The fourth-order valence-corrected chi connectivity index (χ4v) is 3.13. The molecule has 0 aliphatic rings. The Balaban J connectivity index is 2.16. The van der Waals surface area contributed by atoms with Crippen LogP contribution in [0.4, 0.5) is 4.39 Å². The molecule has 1 unspecified atom stereocenters. The van der Waals surface area contributed by atoms with Crippen molar-refractivity contribution in [3.8, 4) is 5.75 Å². The van der Waals surface area contributed by atoms with Crippen LogP contribution >= 0.6 is 7.60 Å². The quantitative estimate of drug-likeness (QED) is 0.797. The molecular weight excluding hydrogens is 310 g/mol. The summed E-state index contributed by atoms with van der Waals surface area (Å²) in [5.41, 5.74) is 0.756. The highest BCUT2D eigenvalue weighted by Crippen LogP contribution is 2.46. The molecule has 22 heavy (non-hydrogen) atoms. The van der Waals surface area contributed by atoms with Crippen LogP contribution in [0.5, 0.6) is 5.75 Å². The number of carbonyl (C=O) groups is 1. The largest absolute Gasteiger partial charge is 0.481 e. The molecule has 116 valence electrons. The van der Waals surface area contributed by atoms with Crippen LogP contribution in [0.1, 0.15) is 11.1 Å². The minimum atomic E-state index is -4.04. The average molecular weight is 324 g/mol. The van der Waals surface area contributed by atoms with E-state index in [-0.39, 0.29) is 18.3 Å². The first-order chi connectivity index (χ1) is 10.4. The van der Waals surface area contributed by atoms with E-state index >= 15 is 0 Å². The maximum atomic E-state index is 12.8. The first-order valence-electron chi connectivity index (χ1n) is 6.41. The van der Waals surface area contributed by atoms with Gasteiger partial charge in [-0.15, -0.1) is 0 Å². The summed E-state index contributed by atoms with van der Waals surface area (Å²) >= 11 is 0. The number of carboxylic acid groups (broad SMARTS) is 1. The lowest BCUT2D eigenvalue weighted by Gasteiger charge is -2.15. The van der Waals surface area contributed by atoms with Crippen molar-refractivity contribution < 1.29 is 28.3 Å². The van der Waals surface area contributed by atoms with E-state index in [9.17, 15) is 18.6 Å². The molecule has 2 aromatic rings. The Morgan fingerprint density at radius 3 is 2.41 bits per heavy atom. The molecule has 0 aromatic heterocycles. The second-order valence-corrected chi connectivity index (χ2v) is 6.47. The third-order valence-electron chi connectivity index (χ3n) is 2.85. The minimum Gasteiger partial charge on any atom is -0.481 e. The Morgan fingerprint density at radius 1 is 1.14 bits per heavy atom. The molecule has 0 fully saturated rings. The van der Waals surface area contributed by atoms with E-state index in [0.29, 0.717) is 11.1 Å². The zero-order valence-electron chi connectivity index (χ0n) is 11.5. The summed E-state index contributed by atoms with van der Waals surface area (Å²) in [5, 5.41) is 8.83. The molecule has 7 heteroatoms. The Kier molecular flexibility index (Phi) is 4.96. The molecule has 0 aliphatic heterocycles. The van der Waals surface area contributed by atoms with E-state index in [2.05, 4.69) is 0 Å². The van der Waals surface area contributed by atoms with Gasteiger partial charge in [0.25, 0.3) is 0 Å². The van der Waals surface area contributed by atoms with Crippen molar-refractivity contribution >= 4 is 13.6 Å². The number of aliphatic carboxylic acids is 1. The van der Waals surface area contributed by atoms with E-state index in [1.807, 2.05) is 0 Å². The number of carboxylic acids is 1. The number of hydrogen-bond acceptors (Lipinski definition) is 3. The zero-order chi connectivity index (χ0) is 16.2. The minimum absolute atomic E-state index is 0.0536. The van der Waals surface area contributed by atoms with Crippen LogP contribution in [0, 0.1) is 5.82 Å². The highest BCUT2D eigenvalue weighted by molar-refractivity contribution is 7.52. The van der Waals surface area contributed by atoms with E-state index < -0.39 is 19.4 Å². The summed E-state index contributed by atoms with van der Waals surface area (Å²) in [6, 6.07) is 11.3. The summed E-state index contributed by atoms with van der Waals surface area (Å²) in [7, 11) is -4.04. The predicted octanol–water partition coefficient (Wildman–Crippen LogP) is 3.22. The molecule has 0 aliphatic carbocycles. The van der Waals surface area contributed by atoms with Crippen molar-refractivity contribution in [3.63, 3.8) is 0 Å². The Labute approximate surface area is 126 Å². The number of halogens is 1. The highest BCUT2D eigenvalue weighted by Gasteiger charge is 2.23. The maximum Gasteiger partial charge on any atom is 0.380 e. The molecule has 2 rings (SSSR count). The second kappa shape index (κ2) is 6.73. The van der Waals surface area contributed by atoms with Crippen molar-refractivity contribution in [2.75, 3.05) is 0 Å². The highest BCUT2D eigenvalue weighted by atomic mass is 31.2. The van der Waals surface area contributed by atoms with Gasteiger partial charge in [-0.1, -0.05) is 30.3 Å². The van der Waals surface area contributed by atoms with Crippen molar-refractivity contribution in [3.05, 3.63) is 65.5 Å². The molecule has 5 nitrogen and oxygen atoms in total. The number of hydrogen-bond donors (Lipinski definition) is 2. The SMILES string of the molecule is O=C(O)Cc1ccccc1OP(=O)(O)Cc1ccc(F)cc1. The molecule has 0 spiro atoms.